The van der Waals surface area contributed by atoms with E-state index in [9.17, 15) is 10.2 Å². The monoisotopic (exact) mass is 655 g/mol. The van der Waals surface area contributed by atoms with E-state index in [4.69, 9.17) is 9.47 Å². The highest BCUT2D eigenvalue weighted by Gasteiger charge is 2.27. The van der Waals surface area contributed by atoms with Gasteiger partial charge in [0.15, 0.2) is 0 Å². The Morgan fingerprint density at radius 1 is 0.688 bits per heavy atom. The third-order valence-electron chi connectivity index (χ3n) is 10.7. The van der Waals surface area contributed by atoms with Crippen molar-refractivity contribution in [3.8, 4) is 44.9 Å². The normalized spacial score (nSPS) is 20.8. The Bertz CT molecular complexity index is 1640. The summed E-state index contributed by atoms with van der Waals surface area (Å²) in [6.07, 6.45) is 5.96. The fourth-order valence-corrected chi connectivity index (χ4v) is 7.89. The highest BCUT2D eigenvalue weighted by Crippen LogP contribution is 2.40. The van der Waals surface area contributed by atoms with Crippen LogP contribution in [0.1, 0.15) is 67.2 Å². The van der Waals surface area contributed by atoms with Crippen LogP contribution in [0, 0.1) is 31.4 Å². The Labute approximate surface area is 282 Å². The molecular formula is C41H47F2NO4. The highest BCUT2D eigenvalue weighted by atomic mass is 19.1. The first-order valence-corrected chi connectivity index (χ1v) is 17.2. The number of aliphatic hydroxyl groups is 2. The number of hydrogen-bond donors (Lipinski definition) is 3. The van der Waals surface area contributed by atoms with Gasteiger partial charge in [0, 0.05) is 23.7 Å². The lowest BCUT2D eigenvalue weighted by Crippen LogP contribution is -2.35. The zero-order valence-corrected chi connectivity index (χ0v) is 28.4. The number of aliphatic hydroxyl groups excluding tert-OH is 2. The molecule has 7 heteroatoms. The molecule has 0 spiro atoms. The van der Waals surface area contributed by atoms with Gasteiger partial charge < -0.3 is 25.0 Å². The van der Waals surface area contributed by atoms with E-state index in [2.05, 4.69) is 17.4 Å². The molecule has 0 aromatic heterocycles. The van der Waals surface area contributed by atoms with Gasteiger partial charge in [-0.1, -0.05) is 42.8 Å². The summed E-state index contributed by atoms with van der Waals surface area (Å²) in [6.45, 7) is 4.36. The molecule has 4 aromatic carbocycles. The average molecular weight is 656 g/mol. The van der Waals surface area contributed by atoms with Crippen molar-refractivity contribution in [3.63, 3.8) is 0 Å². The molecule has 2 fully saturated rings. The van der Waals surface area contributed by atoms with Gasteiger partial charge in [0.2, 0.25) is 0 Å². The molecule has 2 aliphatic carbocycles. The summed E-state index contributed by atoms with van der Waals surface area (Å²) in [5.41, 5.74) is 8.26. The molecule has 0 saturated heterocycles. The molecule has 6 rings (SSSR count). The van der Waals surface area contributed by atoms with Crippen LogP contribution in [0.25, 0.3) is 33.4 Å². The molecule has 0 heterocycles. The maximum absolute atomic E-state index is 15.7. The van der Waals surface area contributed by atoms with Crippen LogP contribution in [0.15, 0.2) is 60.7 Å². The van der Waals surface area contributed by atoms with Gasteiger partial charge in [-0.15, -0.1) is 0 Å². The molecule has 3 N–H and O–H groups in total. The second-order valence-electron chi connectivity index (χ2n) is 13.5. The van der Waals surface area contributed by atoms with Crippen molar-refractivity contribution in [2.45, 2.75) is 90.0 Å². The number of hydrogen-bond acceptors (Lipinski definition) is 5. The molecule has 2 aliphatic rings. The van der Waals surface area contributed by atoms with E-state index in [1.54, 1.807) is 26.4 Å². The number of halogens is 2. The van der Waals surface area contributed by atoms with E-state index in [0.29, 0.717) is 29.0 Å². The first-order chi connectivity index (χ1) is 23.2. The lowest BCUT2D eigenvalue weighted by Gasteiger charge is -2.20. The Morgan fingerprint density at radius 2 is 1.21 bits per heavy atom. The lowest BCUT2D eigenvalue weighted by molar-refractivity contribution is 0.128. The molecule has 0 amide bonds. The fraction of sp³-hybridized carbons (Fsp3) is 0.415. The Balaban J connectivity index is 1.30. The van der Waals surface area contributed by atoms with Crippen LogP contribution >= 0.6 is 0 Å². The van der Waals surface area contributed by atoms with Crippen molar-refractivity contribution in [1.29, 1.82) is 0 Å². The van der Waals surface area contributed by atoms with Crippen molar-refractivity contribution in [2.24, 2.45) is 5.92 Å². The largest absolute Gasteiger partial charge is 0.496 e. The molecule has 48 heavy (non-hydrogen) atoms. The summed E-state index contributed by atoms with van der Waals surface area (Å²) in [5, 5.41) is 23.8. The molecule has 0 radical (unpaired) electrons. The van der Waals surface area contributed by atoms with Gasteiger partial charge in [0.25, 0.3) is 0 Å². The average Bonchev–Trinajstić information content (AvgIpc) is 3.69. The minimum atomic E-state index is -0.409. The van der Waals surface area contributed by atoms with Crippen LogP contribution < -0.4 is 14.8 Å². The maximum atomic E-state index is 15.7. The summed E-state index contributed by atoms with van der Waals surface area (Å²) in [7, 11) is 3.13. The summed E-state index contributed by atoms with van der Waals surface area (Å²) >= 11 is 0. The Kier molecular flexibility index (Phi) is 10.5. The molecule has 0 aliphatic heterocycles. The van der Waals surface area contributed by atoms with Crippen molar-refractivity contribution in [3.05, 3.63) is 94.6 Å². The Morgan fingerprint density at radius 3 is 1.73 bits per heavy atom. The van der Waals surface area contributed by atoms with Gasteiger partial charge in [-0.2, -0.15) is 0 Å². The molecular weight excluding hydrogens is 608 g/mol. The molecule has 0 unspecified atom stereocenters. The molecule has 4 aromatic rings. The standard InChI is InChI=1S/C41H47F2NO4/c1-24-29(27-19-35(42)33(40(21-27)47-3)18-17-26-9-5-15-38(26)45)10-6-12-31(24)32-13-7-11-30(25(32)2)28-20-36(43)34(41(22-28)48-4)23-44-37-14-8-16-39(37)46/h6-7,10-13,19-22,26,37-39,44-46H,5,8-9,14-18,23H2,1-4H3/t26-,37+,38-,39-/m0/s1. The quantitative estimate of drug-likeness (QED) is 0.151. The zero-order chi connectivity index (χ0) is 33.9. The van der Waals surface area contributed by atoms with Crippen LogP contribution in [-0.4, -0.2) is 42.7 Å². The first kappa shape index (κ1) is 34.1. The topological polar surface area (TPSA) is 71.0 Å². The predicted octanol–water partition coefficient (Wildman–Crippen LogP) is 8.70. The predicted molar refractivity (Wildman–Crippen MR) is 187 cm³/mol. The maximum Gasteiger partial charge on any atom is 0.132 e. The number of rotatable bonds is 11. The van der Waals surface area contributed by atoms with Crippen LogP contribution in [0.5, 0.6) is 11.5 Å². The van der Waals surface area contributed by atoms with Crippen molar-refractivity contribution in [2.75, 3.05) is 14.2 Å². The third kappa shape index (κ3) is 6.87. The molecule has 2 saturated carbocycles. The minimum absolute atomic E-state index is 0.0428. The van der Waals surface area contributed by atoms with E-state index < -0.39 is 6.10 Å². The number of nitrogens with one attached hydrogen (secondary N) is 1. The molecule has 5 nitrogen and oxygen atoms in total. The molecule has 0 bridgehead atoms. The van der Waals surface area contributed by atoms with Crippen LogP contribution in [-0.2, 0) is 13.0 Å². The van der Waals surface area contributed by atoms with Gasteiger partial charge in [-0.3, -0.25) is 0 Å². The van der Waals surface area contributed by atoms with E-state index in [0.717, 1.165) is 89.5 Å². The van der Waals surface area contributed by atoms with Gasteiger partial charge in [-0.25, -0.2) is 8.78 Å². The smallest absolute Gasteiger partial charge is 0.132 e. The fourth-order valence-electron chi connectivity index (χ4n) is 7.89. The van der Waals surface area contributed by atoms with Crippen LogP contribution in [0.2, 0.25) is 0 Å². The zero-order valence-electron chi connectivity index (χ0n) is 28.4. The van der Waals surface area contributed by atoms with Crippen molar-refractivity contribution in [1.82, 2.24) is 5.32 Å². The van der Waals surface area contributed by atoms with E-state index >= 15 is 8.78 Å². The summed E-state index contributed by atoms with van der Waals surface area (Å²) < 4.78 is 42.7. The minimum Gasteiger partial charge on any atom is -0.496 e. The molecule has 254 valence electrons. The number of ether oxygens (including phenoxy) is 2. The summed E-state index contributed by atoms with van der Waals surface area (Å²) in [4.78, 5) is 0. The summed E-state index contributed by atoms with van der Waals surface area (Å²) in [6, 6.07) is 19.0. The second kappa shape index (κ2) is 14.8. The van der Waals surface area contributed by atoms with Crippen molar-refractivity contribution < 1.29 is 28.5 Å². The van der Waals surface area contributed by atoms with E-state index in [-0.39, 0.29) is 36.2 Å². The Hall–Kier alpha value is -3.78. The van der Waals surface area contributed by atoms with Gasteiger partial charge >= 0.3 is 0 Å². The highest BCUT2D eigenvalue weighted by molar-refractivity contribution is 5.84. The number of benzene rings is 4. The van der Waals surface area contributed by atoms with Gasteiger partial charge in [-0.05, 0) is 133 Å². The lowest BCUT2D eigenvalue weighted by atomic mass is 9.87. The van der Waals surface area contributed by atoms with Gasteiger partial charge in [0.05, 0.1) is 26.4 Å². The van der Waals surface area contributed by atoms with E-state index in [1.165, 1.54) is 0 Å². The molecule has 4 atom stereocenters. The summed E-state index contributed by atoms with van der Waals surface area (Å²) in [5.74, 6) is 0.539. The van der Waals surface area contributed by atoms with Crippen molar-refractivity contribution >= 4 is 0 Å². The first-order valence-electron chi connectivity index (χ1n) is 17.2. The number of methoxy groups -OCH3 is 2. The second-order valence-corrected chi connectivity index (χ2v) is 13.5. The van der Waals surface area contributed by atoms with E-state index in [1.807, 2.05) is 50.2 Å². The van der Waals surface area contributed by atoms with Crippen LogP contribution in [0.4, 0.5) is 8.78 Å². The van der Waals surface area contributed by atoms with Gasteiger partial charge in [0.1, 0.15) is 23.1 Å². The van der Waals surface area contributed by atoms with Crippen LogP contribution in [0.3, 0.4) is 0 Å². The third-order valence-corrected chi connectivity index (χ3v) is 10.7. The SMILES string of the molecule is COc1cc(-c2cccc(-c3cccc(-c4cc(F)c(CN[C@@H]5CCC[C@@H]5O)c(OC)c4)c3C)c2C)cc(F)c1CC[C@@H]1CCC[C@@H]1O.